The van der Waals surface area contributed by atoms with E-state index in [1.54, 1.807) is 0 Å². The van der Waals surface area contributed by atoms with Gasteiger partial charge in [-0.1, -0.05) is 12.8 Å². The van der Waals surface area contributed by atoms with Gasteiger partial charge < -0.3 is 85.4 Å². The van der Waals surface area contributed by atoms with Gasteiger partial charge >= 0.3 is 29.8 Å². The lowest BCUT2D eigenvalue weighted by Crippen LogP contribution is -2.27. The summed E-state index contributed by atoms with van der Waals surface area (Å²) in [6.45, 7) is 5.58. The van der Waals surface area contributed by atoms with E-state index in [0.29, 0.717) is 219 Å². The van der Waals surface area contributed by atoms with E-state index in [1.165, 1.54) is 32.1 Å². The molecule has 0 bridgehead atoms. The van der Waals surface area contributed by atoms with Crippen molar-refractivity contribution in [3.8, 4) is 0 Å². The lowest BCUT2D eigenvalue weighted by Gasteiger charge is -2.21. The Morgan fingerprint density at radius 3 is 1.01 bits per heavy atom. The van der Waals surface area contributed by atoms with Crippen LogP contribution >= 0.6 is 0 Å². The van der Waals surface area contributed by atoms with Gasteiger partial charge in [-0.3, -0.25) is 28.8 Å². The molecule has 9 saturated carbocycles. The molecule has 26 nitrogen and oxygen atoms in total. The Hall–Kier alpha value is -4.16. The normalized spacial score (nSPS) is 39.2. The van der Waals surface area contributed by atoms with E-state index in [9.17, 15) is 38.4 Å². The smallest absolute Gasteiger partial charge is 0.309 e. The number of aldehydes is 2. The van der Waals surface area contributed by atoms with Crippen molar-refractivity contribution in [1.29, 1.82) is 0 Å². The Labute approximate surface area is 667 Å². The average molecular weight is 1590 g/mol. The van der Waals surface area contributed by atoms with Gasteiger partial charge in [0.15, 0.2) is 5.78 Å². The minimum absolute atomic E-state index is 0.00258. The number of hydrogen-bond acceptors (Lipinski definition) is 26. The molecule has 113 heavy (non-hydrogen) atoms. The number of rotatable bonds is 38. The Bertz CT molecular complexity index is 3020. The quantitative estimate of drug-likeness (QED) is 0.0105. The summed E-state index contributed by atoms with van der Waals surface area (Å²) in [6, 6.07) is 0. The first-order valence-corrected chi connectivity index (χ1v) is 44.9. The Morgan fingerprint density at radius 1 is 0.283 bits per heavy atom. The monoisotopic (exact) mass is 1590 g/mol. The van der Waals surface area contributed by atoms with Crippen LogP contribution in [0, 0.1) is 53.3 Å². The van der Waals surface area contributed by atoms with Gasteiger partial charge in [-0.05, 0) is 254 Å². The molecule has 0 aromatic carbocycles. The zero-order valence-corrected chi connectivity index (χ0v) is 67.0. The summed E-state index contributed by atoms with van der Waals surface area (Å²) < 4.78 is 86.8. The van der Waals surface area contributed by atoms with Gasteiger partial charge in [0.1, 0.15) is 19.2 Å². The summed E-state index contributed by atoms with van der Waals surface area (Å²) >= 11 is 0. The number of unbranched alkanes of at least 4 members (excludes halogenated alkanes) is 8. The predicted octanol–water partition coefficient (Wildman–Crippen LogP) is 11.5. The zero-order valence-electron chi connectivity index (χ0n) is 67.0. The van der Waals surface area contributed by atoms with Crippen molar-refractivity contribution >= 4 is 48.2 Å². The largest absolute Gasteiger partial charge is 0.465 e. The minimum Gasteiger partial charge on any atom is -0.465 e. The molecule has 10 saturated heterocycles. The first kappa shape index (κ1) is 85.3. The van der Waals surface area contributed by atoms with Gasteiger partial charge in [0, 0.05) is 31.6 Å². The van der Waals surface area contributed by atoms with Crippen molar-refractivity contribution < 1.29 is 124 Å². The van der Waals surface area contributed by atoms with Gasteiger partial charge in [0.2, 0.25) is 0 Å². The van der Waals surface area contributed by atoms with Crippen LogP contribution in [0.3, 0.4) is 0 Å². The topological polar surface area (TPSA) is 336 Å². The number of carbonyl (C=O) groups is 8. The van der Waals surface area contributed by atoms with Crippen LogP contribution in [0.4, 0.5) is 0 Å². The fourth-order valence-electron chi connectivity index (χ4n) is 19.1. The second-order valence-corrected chi connectivity index (χ2v) is 36.0. The van der Waals surface area contributed by atoms with Crippen LogP contribution in [-0.4, -0.2) is 230 Å². The molecule has 26 heteroatoms. The highest BCUT2D eigenvalue weighted by atomic mass is 17.2. The van der Waals surface area contributed by atoms with Crippen LogP contribution in [0.2, 0.25) is 0 Å². The van der Waals surface area contributed by atoms with Crippen molar-refractivity contribution in [3.05, 3.63) is 0 Å². The third kappa shape index (κ3) is 29.1. The summed E-state index contributed by atoms with van der Waals surface area (Å²) in [5, 5.41) is 0. The molecule has 0 aromatic rings. The summed E-state index contributed by atoms with van der Waals surface area (Å²) in [6.07, 6.45) is 49.9. The lowest BCUT2D eigenvalue weighted by molar-refractivity contribution is -0.295. The van der Waals surface area contributed by atoms with Crippen molar-refractivity contribution in [1.82, 2.24) is 0 Å². The fraction of sp³-hybridized carbons (Fsp3) is 0.908. The molecule has 0 radical (unpaired) electrons. The molecule has 0 N–H and O–H groups in total. The predicted molar refractivity (Wildman–Crippen MR) is 403 cm³/mol. The molecule has 10 heterocycles. The van der Waals surface area contributed by atoms with Crippen LogP contribution in [0.15, 0.2) is 0 Å². The highest BCUT2D eigenvalue weighted by molar-refractivity contribution is 5.82. The molecular formula is C87H132O26. The molecule has 19 aliphatic rings. The molecule has 19 rings (SSSR count). The average Bonchev–Trinajstić information content (AvgIpc) is 1.22. The van der Waals surface area contributed by atoms with Crippen molar-refractivity contribution in [2.24, 2.45) is 53.3 Å². The lowest BCUT2D eigenvalue weighted by atomic mass is 9.86. The SMILES string of the molecule is C1CC2OC2CC1C1CO1.O=C(CCCOC(=O)C1CCC2OC2C1)OCC1CCC2OC2C1.O=C(COCC1CCC2OC2C1)C1CCC2OC2C1.O=C(OCC1CCC2OC2C1)C1CCC2OC2C1.O=CCCCCCOC(=O)C1CCC2OC2C1.O=CCCCCCOOCCCCCC(=O)OCC1CCC2OC2C1. The van der Waals surface area contributed by atoms with Gasteiger partial charge in [-0.2, -0.15) is 0 Å². The van der Waals surface area contributed by atoms with Crippen LogP contribution < -0.4 is 0 Å². The maximum atomic E-state index is 12.1. The Balaban J connectivity index is 0.000000114. The molecule has 19 fully saturated rings. The van der Waals surface area contributed by atoms with Gasteiger partial charge in [0.05, 0.1) is 193 Å². The summed E-state index contributed by atoms with van der Waals surface area (Å²) in [5.74, 6) is 2.97. The molecule has 0 spiro atoms. The van der Waals surface area contributed by atoms with E-state index in [1.807, 2.05) is 0 Å². The van der Waals surface area contributed by atoms with E-state index in [4.69, 9.17) is 85.6 Å². The van der Waals surface area contributed by atoms with Crippen LogP contribution in [0.5, 0.6) is 0 Å². The van der Waals surface area contributed by atoms with Gasteiger partial charge in [0.25, 0.3) is 0 Å². The van der Waals surface area contributed by atoms with Gasteiger partial charge in [-0.15, -0.1) is 0 Å². The first-order chi connectivity index (χ1) is 55.3. The Morgan fingerprint density at radius 2 is 0.611 bits per heavy atom. The molecular weight excluding hydrogens is 1460 g/mol. The number of ketones is 1. The summed E-state index contributed by atoms with van der Waals surface area (Å²) in [7, 11) is 0. The third-order valence-corrected chi connectivity index (χ3v) is 27.1. The third-order valence-electron chi connectivity index (χ3n) is 27.1. The van der Waals surface area contributed by atoms with Gasteiger partial charge in [-0.25, -0.2) is 9.78 Å². The molecule has 636 valence electrons. The molecule has 28 atom stereocenters. The highest BCUT2D eigenvalue weighted by Gasteiger charge is 2.53. The van der Waals surface area contributed by atoms with Crippen molar-refractivity contribution in [3.63, 3.8) is 0 Å². The number of epoxide rings is 10. The van der Waals surface area contributed by atoms with E-state index < -0.39 is 0 Å². The summed E-state index contributed by atoms with van der Waals surface area (Å²) in [5.41, 5.74) is 0. The number of esters is 5. The number of carbonyl (C=O) groups excluding carboxylic acids is 8. The maximum absolute atomic E-state index is 12.1. The minimum atomic E-state index is -0.197. The van der Waals surface area contributed by atoms with Crippen molar-refractivity contribution in [2.45, 2.75) is 379 Å². The first-order valence-electron chi connectivity index (χ1n) is 44.9. The molecule has 10 aliphatic heterocycles. The zero-order chi connectivity index (χ0) is 77.8. The second-order valence-electron chi connectivity index (χ2n) is 36.0. The van der Waals surface area contributed by atoms with E-state index in [0.717, 1.165) is 231 Å². The number of hydrogen-bond donors (Lipinski definition) is 0. The number of fused-ring (bicyclic) bond motifs is 9. The fourth-order valence-corrected chi connectivity index (χ4v) is 19.1. The van der Waals surface area contributed by atoms with E-state index in [2.05, 4.69) is 0 Å². The summed E-state index contributed by atoms with van der Waals surface area (Å²) in [4.78, 5) is 102. The second kappa shape index (κ2) is 43.2. The highest BCUT2D eigenvalue weighted by Crippen LogP contribution is 2.47. The molecule has 9 aliphatic carbocycles. The Kier molecular flexibility index (Phi) is 32.6. The molecule has 28 unspecified atom stereocenters. The van der Waals surface area contributed by atoms with Crippen molar-refractivity contribution in [2.75, 3.05) is 66.1 Å². The van der Waals surface area contributed by atoms with Crippen LogP contribution in [-0.2, 0) is 124 Å². The number of ether oxygens (including phenoxy) is 16. The maximum Gasteiger partial charge on any atom is 0.309 e. The van der Waals surface area contributed by atoms with Crippen LogP contribution in [0.25, 0.3) is 0 Å². The van der Waals surface area contributed by atoms with E-state index in [-0.39, 0.29) is 65.4 Å². The number of Topliss-reactive ketones (excluding diaryl/α,β-unsaturated/α-hetero) is 1. The molecule has 0 aromatic heterocycles. The standard InChI is InChI=1S/C19H32O6.C18H26O6.C15H22O4.C14H20O4.C13H20O4.C8H12O2/c20-11-5-1-2-6-12-23-24-13-7-3-4-8-19(21)22-15-16-9-10-17-18(14-16)25-17;19-17(22-10-11-3-5-13-15(8-11)23-13)2-1-7-21-18(20)12-4-6-14-16(9-12)24-14;16-11(10-2-4-13-15(6-10)19-13)8-17-7-9-1-3-12-14(5-9)18-12;15-14(9-2-4-11-13(6-9)18-11)16-7-8-1-3-10-12(5-8)17-10;14-7-3-1-2-4-8-16-13(15)10-5-6-11-12(9-10)17-11;1-2-6-7(10-6)3-5(1)8-4-9-8/h11,16-18H,1-10,12-15H2;11-16H,1-10H2;9-10,12-15H,1-8H2;8-13H,1-7H2;7,10-12H,1-6,8-9H2;5-8H,1-4H2. The van der Waals surface area contributed by atoms with Crippen LogP contribution in [0.1, 0.15) is 263 Å². The van der Waals surface area contributed by atoms with E-state index >= 15 is 0 Å². The molecule has 0 amide bonds.